The molecule has 0 radical (unpaired) electrons. The van der Waals surface area contributed by atoms with Gasteiger partial charge in [0.15, 0.2) is 5.65 Å². The largest absolute Gasteiger partial charge is 0.478 e. The number of aromatic nitrogens is 3. The first-order chi connectivity index (χ1) is 11.5. The van der Waals surface area contributed by atoms with Gasteiger partial charge in [0, 0.05) is 23.4 Å². The molecule has 1 aromatic carbocycles. The third-order valence-electron chi connectivity index (χ3n) is 3.45. The van der Waals surface area contributed by atoms with E-state index in [1.165, 1.54) is 6.20 Å². The van der Waals surface area contributed by atoms with Gasteiger partial charge in [0.1, 0.15) is 11.1 Å². The normalized spacial score (nSPS) is 11.0. The molecule has 3 aromatic rings. The van der Waals surface area contributed by atoms with Crippen molar-refractivity contribution in [2.24, 2.45) is 0 Å². The summed E-state index contributed by atoms with van der Waals surface area (Å²) in [5.74, 6) is -1.24. The molecule has 0 spiro atoms. The predicted molar refractivity (Wildman–Crippen MR) is 88.9 cm³/mol. The maximum atomic E-state index is 12.1. The van der Waals surface area contributed by atoms with Crippen LogP contribution in [-0.2, 0) is 0 Å². The quantitative estimate of drug-likeness (QED) is 0.683. The minimum atomic E-state index is -1.07. The maximum Gasteiger partial charge on any atom is 0.339 e. The summed E-state index contributed by atoms with van der Waals surface area (Å²) in [5.41, 5.74) is 2.47. The van der Waals surface area contributed by atoms with Crippen LogP contribution < -0.4 is 5.32 Å². The van der Waals surface area contributed by atoms with Crippen LogP contribution in [0.5, 0.6) is 0 Å². The predicted octanol–water partition coefficient (Wildman–Crippen LogP) is 2.46. The molecule has 122 valence electrons. The number of aromatic carboxylic acids is 1. The molecule has 0 saturated heterocycles. The van der Waals surface area contributed by atoms with E-state index in [4.69, 9.17) is 0 Å². The molecule has 0 atom stereocenters. The van der Waals surface area contributed by atoms with E-state index in [-0.39, 0.29) is 23.0 Å². The summed E-state index contributed by atoms with van der Waals surface area (Å²) < 4.78 is 0. The van der Waals surface area contributed by atoms with Gasteiger partial charge in [0.2, 0.25) is 0 Å². The molecule has 2 heterocycles. The fraction of sp³-hybridized carbons (Fsp3) is 0.176. The highest BCUT2D eigenvalue weighted by atomic mass is 16.4. The monoisotopic (exact) mass is 324 g/mol. The summed E-state index contributed by atoms with van der Waals surface area (Å²) >= 11 is 0. The Morgan fingerprint density at radius 1 is 1.29 bits per heavy atom. The van der Waals surface area contributed by atoms with Gasteiger partial charge < -0.3 is 15.4 Å². The summed E-state index contributed by atoms with van der Waals surface area (Å²) in [4.78, 5) is 34.7. The lowest BCUT2D eigenvalue weighted by Gasteiger charge is -2.09. The molecule has 0 aliphatic carbocycles. The number of carbonyl (C=O) groups is 2. The van der Waals surface area contributed by atoms with Gasteiger partial charge in [-0.25, -0.2) is 14.8 Å². The highest BCUT2D eigenvalue weighted by Gasteiger charge is 2.15. The van der Waals surface area contributed by atoms with Crippen molar-refractivity contribution in [2.75, 3.05) is 0 Å². The number of amides is 1. The molecule has 2 aromatic heterocycles. The molecule has 3 N–H and O–H groups in total. The minimum absolute atomic E-state index is 0.0373. The Morgan fingerprint density at radius 2 is 2.08 bits per heavy atom. The summed E-state index contributed by atoms with van der Waals surface area (Å²) in [6.07, 6.45) is 2.91. The lowest BCUT2D eigenvalue weighted by molar-refractivity contribution is 0.0698. The molecule has 3 rings (SSSR count). The zero-order valence-electron chi connectivity index (χ0n) is 13.2. The maximum absolute atomic E-state index is 12.1. The average Bonchev–Trinajstić information content (AvgIpc) is 2.97. The summed E-state index contributed by atoms with van der Waals surface area (Å²) in [7, 11) is 0. The first-order valence-electron chi connectivity index (χ1n) is 7.44. The molecule has 0 aliphatic heterocycles. The Hall–Kier alpha value is -3.22. The zero-order chi connectivity index (χ0) is 17.3. The molecular weight excluding hydrogens is 308 g/mol. The van der Waals surface area contributed by atoms with Crippen LogP contribution in [0.4, 0.5) is 0 Å². The molecule has 1 amide bonds. The average molecular weight is 324 g/mol. The van der Waals surface area contributed by atoms with Crippen LogP contribution in [-0.4, -0.2) is 38.0 Å². The molecule has 0 unspecified atom stereocenters. The van der Waals surface area contributed by atoms with Gasteiger partial charge >= 0.3 is 5.97 Å². The van der Waals surface area contributed by atoms with Crippen molar-refractivity contribution in [1.82, 2.24) is 20.3 Å². The molecule has 24 heavy (non-hydrogen) atoms. The van der Waals surface area contributed by atoms with Crippen molar-refractivity contribution in [2.45, 2.75) is 19.9 Å². The topological polar surface area (TPSA) is 108 Å². The number of carbonyl (C=O) groups excluding carboxylic acids is 1. The molecule has 7 nitrogen and oxygen atoms in total. The second kappa shape index (κ2) is 6.11. The van der Waals surface area contributed by atoms with E-state index >= 15 is 0 Å². The van der Waals surface area contributed by atoms with Crippen molar-refractivity contribution in [3.63, 3.8) is 0 Å². The fourth-order valence-corrected chi connectivity index (χ4v) is 2.36. The number of H-pyrrole nitrogens is 1. The van der Waals surface area contributed by atoms with Crippen molar-refractivity contribution in [3.05, 3.63) is 47.8 Å². The van der Waals surface area contributed by atoms with Crippen LogP contribution >= 0.6 is 0 Å². The van der Waals surface area contributed by atoms with E-state index in [2.05, 4.69) is 20.3 Å². The van der Waals surface area contributed by atoms with Crippen LogP contribution in [0.3, 0.4) is 0 Å². The number of carboxylic acids is 1. The Labute approximate surface area is 137 Å². The van der Waals surface area contributed by atoms with E-state index in [1.54, 1.807) is 30.5 Å². The Kier molecular flexibility index (Phi) is 3.99. The van der Waals surface area contributed by atoms with E-state index in [1.807, 2.05) is 13.8 Å². The van der Waals surface area contributed by atoms with Gasteiger partial charge in [-0.05, 0) is 26.0 Å². The van der Waals surface area contributed by atoms with Crippen LogP contribution in [0.15, 0.2) is 36.7 Å². The SMILES string of the molecule is CC(C)NC(=O)c1cccc(-c2cnc3[nH]cc(C(=O)O)c3n2)c1. The molecular formula is C17H16N4O3. The van der Waals surface area contributed by atoms with Crippen LogP contribution in [0.2, 0.25) is 0 Å². The summed E-state index contributed by atoms with van der Waals surface area (Å²) in [6.45, 7) is 3.78. The minimum Gasteiger partial charge on any atom is -0.478 e. The highest BCUT2D eigenvalue weighted by molar-refractivity contribution is 6.00. The molecule has 7 heteroatoms. The van der Waals surface area contributed by atoms with Gasteiger partial charge in [-0.3, -0.25) is 4.79 Å². The lowest BCUT2D eigenvalue weighted by Crippen LogP contribution is -2.30. The van der Waals surface area contributed by atoms with Crippen molar-refractivity contribution >= 4 is 23.0 Å². The molecule has 0 bridgehead atoms. The van der Waals surface area contributed by atoms with Crippen molar-refractivity contribution in [3.8, 4) is 11.3 Å². The van der Waals surface area contributed by atoms with Gasteiger partial charge in [-0.1, -0.05) is 12.1 Å². The number of fused-ring (bicyclic) bond motifs is 1. The van der Waals surface area contributed by atoms with E-state index < -0.39 is 5.97 Å². The summed E-state index contributed by atoms with van der Waals surface area (Å²) in [5, 5.41) is 12.0. The van der Waals surface area contributed by atoms with E-state index in [0.29, 0.717) is 22.5 Å². The molecule has 0 fully saturated rings. The Morgan fingerprint density at radius 3 is 2.79 bits per heavy atom. The highest BCUT2D eigenvalue weighted by Crippen LogP contribution is 2.22. The first kappa shape index (κ1) is 15.7. The molecule has 0 saturated carbocycles. The second-order valence-corrected chi connectivity index (χ2v) is 5.67. The number of nitrogens with one attached hydrogen (secondary N) is 2. The van der Waals surface area contributed by atoms with Crippen molar-refractivity contribution < 1.29 is 14.7 Å². The van der Waals surface area contributed by atoms with Crippen LogP contribution in [0.25, 0.3) is 22.4 Å². The van der Waals surface area contributed by atoms with Crippen LogP contribution in [0, 0.1) is 0 Å². The first-order valence-corrected chi connectivity index (χ1v) is 7.44. The number of benzene rings is 1. The Balaban J connectivity index is 2.02. The van der Waals surface area contributed by atoms with Gasteiger partial charge in [0.25, 0.3) is 5.91 Å². The van der Waals surface area contributed by atoms with E-state index in [9.17, 15) is 14.7 Å². The fourth-order valence-electron chi connectivity index (χ4n) is 2.36. The van der Waals surface area contributed by atoms with Gasteiger partial charge in [-0.2, -0.15) is 0 Å². The van der Waals surface area contributed by atoms with Gasteiger partial charge in [-0.15, -0.1) is 0 Å². The number of hydrogen-bond donors (Lipinski definition) is 3. The number of hydrogen-bond acceptors (Lipinski definition) is 4. The second-order valence-electron chi connectivity index (χ2n) is 5.67. The number of rotatable bonds is 4. The third kappa shape index (κ3) is 2.96. The zero-order valence-corrected chi connectivity index (χ0v) is 13.2. The number of carboxylic acid groups (broad SMARTS) is 1. The number of aromatic amines is 1. The lowest BCUT2D eigenvalue weighted by atomic mass is 10.1. The number of nitrogens with zero attached hydrogens (tertiary/aromatic N) is 2. The molecule has 0 aliphatic rings. The van der Waals surface area contributed by atoms with E-state index in [0.717, 1.165) is 0 Å². The summed E-state index contributed by atoms with van der Waals surface area (Å²) in [6, 6.07) is 7.02. The smallest absolute Gasteiger partial charge is 0.339 e. The van der Waals surface area contributed by atoms with Crippen molar-refractivity contribution in [1.29, 1.82) is 0 Å². The van der Waals surface area contributed by atoms with Crippen LogP contribution in [0.1, 0.15) is 34.6 Å². The Bertz CT molecular complexity index is 930. The third-order valence-corrected chi connectivity index (χ3v) is 3.45. The van der Waals surface area contributed by atoms with Gasteiger partial charge in [0.05, 0.1) is 11.9 Å². The standard InChI is InChI=1S/C17H16N4O3/c1-9(2)20-16(22)11-5-3-4-10(6-11)13-8-19-15-14(21-13)12(7-18-15)17(23)24/h3-9H,1-2H3,(H,18,19)(H,20,22)(H,23,24).